The minimum Gasteiger partial charge on any atom is -0.478 e. The number of carbonyl (C=O) groups excluding carboxylic acids is 2. The molecule has 0 aliphatic rings. The molecule has 6 N–H and O–H groups in total. The molecule has 0 saturated carbocycles. The van der Waals surface area contributed by atoms with E-state index in [9.17, 15) is 14.4 Å². The van der Waals surface area contributed by atoms with Crippen molar-refractivity contribution in [1.82, 2.24) is 5.32 Å². The molecule has 0 aliphatic heterocycles. The third kappa shape index (κ3) is 5.77. The molecular weight excluding hydrogens is 300 g/mol. The first-order valence-corrected chi connectivity index (χ1v) is 7.02. The van der Waals surface area contributed by atoms with Gasteiger partial charge in [0.1, 0.15) is 6.04 Å². The predicted octanol–water partition coefficient (Wildman–Crippen LogP) is 0.126. The van der Waals surface area contributed by atoms with Crippen LogP contribution >= 0.6 is 0 Å². The summed E-state index contributed by atoms with van der Waals surface area (Å²) in [6, 6.07) is 4.84. The molecule has 0 aliphatic carbocycles. The SMILES string of the molecule is CC(N)=NCCC[C@H](NC(=O)c1ccccc1C(=O)O)C(N)=O. The highest BCUT2D eigenvalue weighted by molar-refractivity contribution is 6.05. The molecule has 0 fully saturated rings. The zero-order chi connectivity index (χ0) is 17.4. The molecule has 0 heterocycles. The number of amidine groups is 1. The first-order chi connectivity index (χ1) is 10.8. The molecule has 0 bridgehead atoms. The third-order valence-electron chi connectivity index (χ3n) is 3.06. The molecule has 0 saturated heterocycles. The molecule has 0 radical (unpaired) electrons. The minimum absolute atomic E-state index is 0.0259. The van der Waals surface area contributed by atoms with Crippen LogP contribution in [0.4, 0.5) is 0 Å². The summed E-state index contributed by atoms with van der Waals surface area (Å²) < 4.78 is 0. The van der Waals surface area contributed by atoms with Crippen molar-refractivity contribution in [3.05, 3.63) is 35.4 Å². The quantitative estimate of drug-likeness (QED) is 0.305. The van der Waals surface area contributed by atoms with E-state index in [4.69, 9.17) is 16.6 Å². The number of aliphatic imine (C=N–C) groups is 1. The van der Waals surface area contributed by atoms with E-state index in [-0.39, 0.29) is 17.5 Å². The van der Waals surface area contributed by atoms with E-state index in [1.54, 1.807) is 13.0 Å². The van der Waals surface area contributed by atoms with Gasteiger partial charge >= 0.3 is 5.97 Å². The number of hydrogen-bond donors (Lipinski definition) is 4. The lowest BCUT2D eigenvalue weighted by molar-refractivity contribution is -0.120. The predicted molar refractivity (Wildman–Crippen MR) is 85.2 cm³/mol. The molecule has 0 unspecified atom stereocenters. The molecule has 0 spiro atoms. The van der Waals surface area contributed by atoms with Crippen LogP contribution in [0.5, 0.6) is 0 Å². The van der Waals surface area contributed by atoms with Gasteiger partial charge in [0.25, 0.3) is 5.91 Å². The number of benzene rings is 1. The summed E-state index contributed by atoms with van der Waals surface area (Å²) in [5, 5.41) is 11.5. The Bertz CT molecular complexity index is 624. The molecule has 8 nitrogen and oxygen atoms in total. The number of nitrogens with one attached hydrogen (secondary N) is 1. The Balaban J connectivity index is 2.77. The molecule has 1 rings (SSSR count). The Kier molecular flexibility index (Phi) is 6.72. The first-order valence-electron chi connectivity index (χ1n) is 7.02. The Morgan fingerprint density at radius 1 is 1.22 bits per heavy atom. The smallest absolute Gasteiger partial charge is 0.336 e. The van der Waals surface area contributed by atoms with Crippen LogP contribution in [-0.4, -0.2) is 41.3 Å². The molecule has 1 aromatic rings. The van der Waals surface area contributed by atoms with E-state index >= 15 is 0 Å². The van der Waals surface area contributed by atoms with Crippen molar-refractivity contribution in [3.8, 4) is 0 Å². The summed E-state index contributed by atoms with van der Waals surface area (Å²) in [6.45, 7) is 2.06. The lowest BCUT2D eigenvalue weighted by atomic mass is 10.1. The number of hydrogen-bond acceptors (Lipinski definition) is 4. The van der Waals surface area contributed by atoms with Gasteiger partial charge in [0, 0.05) is 6.54 Å². The lowest BCUT2D eigenvalue weighted by Crippen LogP contribution is -2.44. The van der Waals surface area contributed by atoms with Gasteiger partial charge in [0.05, 0.1) is 17.0 Å². The maximum absolute atomic E-state index is 12.2. The van der Waals surface area contributed by atoms with Gasteiger partial charge in [-0.2, -0.15) is 0 Å². The van der Waals surface area contributed by atoms with Crippen LogP contribution in [0.2, 0.25) is 0 Å². The van der Waals surface area contributed by atoms with E-state index in [0.717, 1.165) is 0 Å². The maximum Gasteiger partial charge on any atom is 0.336 e. The standard InChI is InChI=1S/C15H20N4O4/c1-9(16)18-8-4-7-12(13(17)20)19-14(21)10-5-2-3-6-11(10)15(22)23/h2-3,5-6,12H,4,7-8H2,1H3,(H2,16,18)(H2,17,20)(H,19,21)(H,22,23)/t12-/m0/s1. The number of nitrogens with zero attached hydrogens (tertiary/aromatic N) is 1. The van der Waals surface area contributed by atoms with Gasteiger partial charge < -0.3 is 21.9 Å². The largest absolute Gasteiger partial charge is 0.478 e. The second-order valence-electron chi connectivity index (χ2n) is 4.94. The fraction of sp³-hybridized carbons (Fsp3) is 0.333. The summed E-state index contributed by atoms with van der Waals surface area (Å²) in [7, 11) is 0. The fourth-order valence-electron chi connectivity index (χ4n) is 1.94. The Hall–Kier alpha value is -2.90. The van der Waals surface area contributed by atoms with Crippen LogP contribution in [0.15, 0.2) is 29.3 Å². The van der Waals surface area contributed by atoms with E-state index in [1.165, 1.54) is 18.2 Å². The number of carbonyl (C=O) groups is 3. The first kappa shape index (κ1) is 18.1. The van der Waals surface area contributed by atoms with Gasteiger partial charge in [-0.15, -0.1) is 0 Å². The summed E-state index contributed by atoms with van der Waals surface area (Å²) in [5.41, 5.74) is 10.5. The fourth-order valence-corrected chi connectivity index (χ4v) is 1.94. The average molecular weight is 320 g/mol. The van der Waals surface area contributed by atoms with Crippen LogP contribution in [0.3, 0.4) is 0 Å². The van der Waals surface area contributed by atoms with Crippen LogP contribution in [0.1, 0.15) is 40.5 Å². The van der Waals surface area contributed by atoms with Gasteiger partial charge in [-0.05, 0) is 31.9 Å². The van der Waals surface area contributed by atoms with Crippen molar-refractivity contribution in [2.75, 3.05) is 6.54 Å². The molecule has 8 heteroatoms. The zero-order valence-electron chi connectivity index (χ0n) is 12.8. The van der Waals surface area contributed by atoms with Crippen molar-refractivity contribution in [1.29, 1.82) is 0 Å². The van der Waals surface area contributed by atoms with Crippen molar-refractivity contribution in [2.45, 2.75) is 25.8 Å². The summed E-state index contributed by atoms with van der Waals surface area (Å²) in [4.78, 5) is 38.7. The van der Waals surface area contributed by atoms with E-state index < -0.39 is 23.8 Å². The molecule has 1 atom stereocenters. The third-order valence-corrected chi connectivity index (χ3v) is 3.06. The van der Waals surface area contributed by atoms with Gasteiger partial charge in [0.15, 0.2) is 0 Å². The molecule has 2 amide bonds. The topological polar surface area (TPSA) is 148 Å². The maximum atomic E-state index is 12.2. The van der Waals surface area contributed by atoms with Gasteiger partial charge in [0.2, 0.25) is 5.91 Å². The van der Waals surface area contributed by atoms with E-state index in [1.807, 2.05) is 0 Å². The van der Waals surface area contributed by atoms with Crippen molar-refractivity contribution >= 4 is 23.6 Å². The molecule has 23 heavy (non-hydrogen) atoms. The normalized spacial score (nSPS) is 12.5. The zero-order valence-corrected chi connectivity index (χ0v) is 12.8. The molecule has 0 aromatic heterocycles. The van der Waals surface area contributed by atoms with Crippen molar-refractivity contribution in [2.24, 2.45) is 16.5 Å². The summed E-state index contributed by atoms with van der Waals surface area (Å²) >= 11 is 0. The van der Waals surface area contributed by atoms with Crippen LogP contribution in [0.25, 0.3) is 0 Å². The van der Waals surface area contributed by atoms with Crippen LogP contribution < -0.4 is 16.8 Å². The van der Waals surface area contributed by atoms with Gasteiger partial charge in [-0.25, -0.2) is 4.79 Å². The Morgan fingerprint density at radius 2 is 1.83 bits per heavy atom. The van der Waals surface area contributed by atoms with E-state index in [2.05, 4.69) is 10.3 Å². The van der Waals surface area contributed by atoms with Crippen LogP contribution in [-0.2, 0) is 4.79 Å². The lowest BCUT2D eigenvalue weighted by Gasteiger charge is -2.15. The number of amides is 2. The van der Waals surface area contributed by atoms with Gasteiger partial charge in [-0.1, -0.05) is 12.1 Å². The van der Waals surface area contributed by atoms with E-state index in [0.29, 0.717) is 18.8 Å². The average Bonchev–Trinajstić information content (AvgIpc) is 2.49. The highest BCUT2D eigenvalue weighted by atomic mass is 16.4. The number of carboxylic acids is 1. The second-order valence-corrected chi connectivity index (χ2v) is 4.94. The number of aromatic carboxylic acids is 1. The Morgan fingerprint density at radius 3 is 2.35 bits per heavy atom. The minimum atomic E-state index is -1.22. The molecule has 1 aromatic carbocycles. The highest BCUT2D eigenvalue weighted by Crippen LogP contribution is 2.10. The number of nitrogens with two attached hydrogens (primary N) is 2. The van der Waals surface area contributed by atoms with Crippen molar-refractivity contribution in [3.63, 3.8) is 0 Å². The molecule has 124 valence electrons. The summed E-state index contributed by atoms with van der Waals surface area (Å²) in [5.74, 6) is -2.15. The summed E-state index contributed by atoms with van der Waals surface area (Å²) in [6.07, 6.45) is 0.788. The van der Waals surface area contributed by atoms with Gasteiger partial charge in [-0.3, -0.25) is 14.6 Å². The Labute approximate surface area is 133 Å². The van der Waals surface area contributed by atoms with Crippen molar-refractivity contribution < 1.29 is 19.5 Å². The number of carboxylic acid groups (broad SMARTS) is 1. The highest BCUT2D eigenvalue weighted by Gasteiger charge is 2.21. The number of rotatable bonds is 8. The number of primary amides is 1. The monoisotopic (exact) mass is 320 g/mol. The molecular formula is C15H20N4O4. The second kappa shape index (κ2) is 8.52. The van der Waals surface area contributed by atoms with Crippen LogP contribution in [0, 0.1) is 0 Å².